The van der Waals surface area contributed by atoms with E-state index in [4.69, 9.17) is 11.5 Å². The van der Waals surface area contributed by atoms with Crippen LogP contribution >= 0.6 is 11.8 Å². The van der Waals surface area contributed by atoms with Crippen LogP contribution in [0.15, 0.2) is 27.1 Å². The molecule has 0 saturated carbocycles. The molecule has 0 atom stereocenters. The number of alkyl halides is 3. The lowest BCUT2D eigenvalue weighted by Gasteiger charge is -2.07. The van der Waals surface area contributed by atoms with E-state index in [2.05, 4.69) is 19.9 Å². The number of halogens is 3. The predicted octanol–water partition coefficient (Wildman–Crippen LogP) is 0.894. The van der Waals surface area contributed by atoms with Crippen LogP contribution in [0.1, 0.15) is 5.82 Å². The van der Waals surface area contributed by atoms with Crippen LogP contribution in [0.3, 0.4) is 0 Å². The number of nitrogens with zero attached hydrogens (tertiary/aromatic N) is 3. The molecule has 0 saturated heterocycles. The first kappa shape index (κ1) is 14.1. The van der Waals surface area contributed by atoms with Gasteiger partial charge in [0.2, 0.25) is 5.82 Å². The van der Waals surface area contributed by atoms with E-state index in [-0.39, 0.29) is 21.8 Å². The Labute approximate surface area is 113 Å². The minimum Gasteiger partial charge on any atom is -0.384 e. The van der Waals surface area contributed by atoms with Gasteiger partial charge in [0.25, 0.3) is 5.56 Å². The van der Waals surface area contributed by atoms with E-state index in [9.17, 15) is 18.0 Å². The molecular formula is C9H7F3N6OS. The largest absolute Gasteiger partial charge is 0.451 e. The molecule has 0 aliphatic heterocycles. The summed E-state index contributed by atoms with van der Waals surface area (Å²) in [7, 11) is 0. The molecule has 0 spiro atoms. The number of rotatable bonds is 2. The second-order valence-electron chi connectivity index (χ2n) is 3.53. The Morgan fingerprint density at radius 1 is 1.10 bits per heavy atom. The fraction of sp³-hybridized carbons (Fsp3) is 0.111. The average Bonchev–Trinajstić information content (AvgIpc) is 2.25. The van der Waals surface area contributed by atoms with Crippen molar-refractivity contribution in [2.24, 2.45) is 0 Å². The van der Waals surface area contributed by atoms with Crippen LogP contribution in [0.25, 0.3) is 0 Å². The quantitative estimate of drug-likeness (QED) is 0.556. The summed E-state index contributed by atoms with van der Waals surface area (Å²) in [5.41, 5.74) is 10.1. The predicted molar refractivity (Wildman–Crippen MR) is 64.8 cm³/mol. The van der Waals surface area contributed by atoms with Crippen LogP contribution in [0.4, 0.5) is 24.8 Å². The van der Waals surface area contributed by atoms with Gasteiger partial charge >= 0.3 is 6.18 Å². The van der Waals surface area contributed by atoms with Crippen LogP contribution in [-0.2, 0) is 6.18 Å². The van der Waals surface area contributed by atoms with Crippen molar-refractivity contribution in [3.05, 3.63) is 28.3 Å². The molecule has 0 bridgehead atoms. The van der Waals surface area contributed by atoms with E-state index in [1.54, 1.807) is 0 Å². The second-order valence-corrected chi connectivity index (χ2v) is 4.54. The summed E-state index contributed by atoms with van der Waals surface area (Å²) >= 11 is 0.683. The topological polar surface area (TPSA) is 124 Å². The average molecular weight is 304 g/mol. The maximum atomic E-state index is 12.5. The van der Waals surface area contributed by atoms with Gasteiger partial charge in [0, 0.05) is 12.1 Å². The maximum absolute atomic E-state index is 12.5. The number of anilines is 2. The van der Waals surface area contributed by atoms with Crippen LogP contribution in [0, 0.1) is 0 Å². The Hall–Kier alpha value is -2.30. The summed E-state index contributed by atoms with van der Waals surface area (Å²) in [5.74, 6) is -1.78. The first-order valence-electron chi connectivity index (χ1n) is 5.00. The van der Waals surface area contributed by atoms with Gasteiger partial charge in [-0.25, -0.2) is 15.0 Å². The van der Waals surface area contributed by atoms with E-state index < -0.39 is 17.6 Å². The van der Waals surface area contributed by atoms with E-state index in [1.807, 2.05) is 0 Å². The fourth-order valence-electron chi connectivity index (χ4n) is 1.22. The zero-order chi connectivity index (χ0) is 14.9. The Morgan fingerprint density at radius 3 is 2.35 bits per heavy atom. The highest BCUT2D eigenvalue weighted by Crippen LogP contribution is 2.30. The molecule has 0 aliphatic rings. The minimum atomic E-state index is -4.72. The lowest BCUT2D eigenvalue weighted by molar-refractivity contribution is -0.145. The highest BCUT2D eigenvalue weighted by atomic mass is 32.2. The summed E-state index contributed by atoms with van der Waals surface area (Å²) in [6.45, 7) is 0. The molecule has 2 heterocycles. The Balaban J connectivity index is 2.38. The van der Waals surface area contributed by atoms with Crippen molar-refractivity contribution >= 4 is 23.4 Å². The van der Waals surface area contributed by atoms with Gasteiger partial charge in [0.15, 0.2) is 5.16 Å². The number of nitrogen functional groups attached to an aromatic ring is 2. The van der Waals surface area contributed by atoms with E-state index in [0.29, 0.717) is 11.8 Å². The van der Waals surface area contributed by atoms with Gasteiger partial charge in [0.1, 0.15) is 16.7 Å². The molecule has 7 nitrogen and oxygen atoms in total. The normalized spacial score (nSPS) is 11.6. The Kier molecular flexibility index (Phi) is 3.53. The highest BCUT2D eigenvalue weighted by molar-refractivity contribution is 7.99. The highest BCUT2D eigenvalue weighted by Gasteiger charge is 2.35. The van der Waals surface area contributed by atoms with Gasteiger partial charge in [-0.1, -0.05) is 0 Å². The molecule has 0 aliphatic carbocycles. The number of nitrogens with two attached hydrogens (primary N) is 2. The molecule has 5 N–H and O–H groups in total. The van der Waals surface area contributed by atoms with Gasteiger partial charge in [-0.2, -0.15) is 13.2 Å². The number of nitrogens with one attached hydrogen (secondary N) is 1. The smallest absolute Gasteiger partial charge is 0.384 e. The second kappa shape index (κ2) is 5.00. The summed E-state index contributed by atoms with van der Waals surface area (Å²) < 4.78 is 37.6. The molecule has 106 valence electrons. The molecular weight excluding hydrogens is 297 g/mol. The van der Waals surface area contributed by atoms with E-state index in [1.165, 1.54) is 0 Å². The van der Waals surface area contributed by atoms with Gasteiger partial charge in [-0.15, -0.1) is 0 Å². The number of aromatic nitrogens is 4. The number of aromatic amines is 1. The number of hydrogen-bond donors (Lipinski definition) is 3. The Bertz CT molecular complexity index is 701. The first-order chi connectivity index (χ1) is 9.24. The van der Waals surface area contributed by atoms with E-state index >= 15 is 0 Å². The molecule has 0 amide bonds. The van der Waals surface area contributed by atoms with Crippen molar-refractivity contribution in [3.63, 3.8) is 0 Å². The van der Waals surface area contributed by atoms with Gasteiger partial charge < -0.3 is 16.5 Å². The molecule has 2 aromatic rings. The standard InChI is InChI=1S/C9H7F3N6OS/c10-9(11,12)7-15-4(14)2-6(18-7)20-8-16-3(13)1-5(19)17-8/h1-2H,(H2,14,15,18)(H3,13,16,17,19). The van der Waals surface area contributed by atoms with Crippen molar-refractivity contribution in [1.29, 1.82) is 0 Å². The van der Waals surface area contributed by atoms with Crippen molar-refractivity contribution in [2.75, 3.05) is 11.5 Å². The third kappa shape index (κ3) is 3.38. The molecule has 11 heteroatoms. The number of H-pyrrole nitrogens is 1. The molecule has 0 fully saturated rings. The Morgan fingerprint density at radius 2 is 1.75 bits per heavy atom. The minimum absolute atomic E-state index is 0.00113. The zero-order valence-corrected chi connectivity index (χ0v) is 10.4. The van der Waals surface area contributed by atoms with Crippen molar-refractivity contribution in [2.45, 2.75) is 16.4 Å². The first-order valence-corrected chi connectivity index (χ1v) is 5.82. The molecule has 0 radical (unpaired) electrons. The van der Waals surface area contributed by atoms with Gasteiger partial charge in [0.05, 0.1) is 0 Å². The molecule has 2 aromatic heterocycles. The summed E-state index contributed by atoms with van der Waals surface area (Å²) in [5, 5.41) is -0.111. The lowest BCUT2D eigenvalue weighted by atomic mass is 10.5. The van der Waals surface area contributed by atoms with Gasteiger partial charge in [-0.3, -0.25) is 4.79 Å². The molecule has 2 rings (SSSR count). The van der Waals surface area contributed by atoms with Crippen molar-refractivity contribution < 1.29 is 13.2 Å². The molecule has 0 aromatic carbocycles. The van der Waals surface area contributed by atoms with Gasteiger partial charge in [-0.05, 0) is 11.8 Å². The van der Waals surface area contributed by atoms with Crippen molar-refractivity contribution in [3.8, 4) is 0 Å². The monoisotopic (exact) mass is 304 g/mol. The van der Waals surface area contributed by atoms with Crippen LogP contribution in [-0.4, -0.2) is 19.9 Å². The third-order valence-corrected chi connectivity index (χ3v) is 2.72. The SMILES string of the molecule is Nc1cc(Sc2nc(N)cc(=O)[nH]2)nc(C(F)(F)F)n1. The fourth-order valence-corrected chi connectivity index (χ4v) is 2.03. The summed E-state index contributed by atoms with van der Waals surface area (Å²) in [4.78, 5) is 23.6. The third-order valence-electron chi connectivity index (χ3n) is 1.92. The van der Waals surface area contributed by atoms with Crippen LogP contribution in [0.5, 0.6) is 0 Å². The lowest BCUT2D eigenvalue weighted by Crippen LogP contribution is -2.13. The molecule has 0 unspecified atom stereocenters. The summed E-state index contributed by atoms with van der Waals surface area (Å²) in [6.07, 6.45) is -4.72. The van der Waals surface area contributed by atoms with Crippen LogP contribution < -0.4 is 17.0 Å². The zero-order valence-electron chi connectivity index (χ0n) is 9.60. The number of hydrogen-bond acceptors (Lipinski definition) is 7. The van der Waals surface area contributed by atoms with Crippen LogP contribution in [0.2, 0.25) is 0 Å². The molecule has 20 heavy (non-hydrogen) atoms. The van der Waals surface area contributed by atoms with E-state index in [0.717, 1.165) is 12.1 Å². The summed E-state index contributed by atoms with van der Waals surface area (Å²) in [6, 6.07) is 2.17. The maximum Gasteiger partial charge on any atom is 0.451 e. The van der Waals surface area contributed by atoms with Crippen molar-refractivity contribution in [1.82, 2.24) is 19.9 Å².